The fraction of sp³-hybridized carbons (Fsp3) is 0.667. The Morgan fingerprint density at radius 3 is 2.76 bits per heavy atom. The van der Waals surface area contributed by atoms with Crippen LogP contribution < -0.4 is 5.32 Å². The van der Waals surface area contributed by atoms with Gasteiger partial charge in [0, 0.05) is 18.0 Å². The van der Waals surface area contributed by atoms with E-state index in [1.54, 1.807) is 11.3 Å². The van der Waals surface area contributed by atoms with Gasteiger partial charge in [-0.05, 0) is 17.9 Å². The number of hydrogen-bond donors (Lipinski definition) is 3. The molecule has 4 nitrogen and oxygen atoms in total. The SMILES string of the molecule is CCC(O)CNCC(O)COCc1cccs1. The van der Waals surface area contributed by atoms with Gasteiger partial charge in [-0.15, -0.1) is 11.3 Å². The number of ether oxygens (including phenoxy) is 1. The van der Waals surface area contributed by atoms with E-state index in [4.69, 9.17) is 4.74 Å². The predicted molar refractivity (Wildman–Crippen MR) is 69.1 cm³/mol. The summed E-state index contributed by atoms with van der Waals surface area (Å²) in [6, 6.07) is 3.99. The Bertz CT molecular complexity index is 279. The van der Waals surface area contributed by atoms with Gasteiger partial charge in [0.05, 0.1) is 25.4 Å². The number of hydrogen-bond acceptors (Lipinski definition) is 5. The zero-order chi connectivity index (χ0) is 12.5. The Kier molecular flexibility index (Phi) is 7.39. The van der Waals surface area contributed by atoms with Crippen LogP contribution in [0.15, 0.2) is 17.5 Å². The summed E-state index contributed by atoms with van der Waals surface area (Å²) >= 11 is 1.64. The summed E-state index contributed by atoms with van der Waals surface area (Å²) in [5.74, 6) is 0. The van der Waals surface area contributed by atoms with Gasteiger partial charge >= 0.3 is 0 Å². The van der Waals surface area contributed by atoms with Crippen molar-refractivity contribution < 1.29 is 14.9 Å². The van der Waals surface area contributed by atoms with Crippen LogP contribution >= 0.6 is 11.3 Å². The lowest BCUT2D eigenvalue weighted by molar-refractivity contribution is 0.0283. The van der Waals surface area contributed by atoms with E-state index < -0.39 is 6.10 Å². The lowest BCUT2D eigenvalue weighted by atomic mass is 10.3. The van der Waals surface area contributed by atoms with Crippen LogP contribution in [-0.4, -0.2) is 42.1 Å². The van der Waals surface area contributed by atoms with Crippen molar-refractivity contribution in [3.8, 4) is 0 Å². The Labute approximate surface area is 106 Å². The summed E-state index contributed by atoms with van der Waals surface area (Å²) in [6.45, 7) is 3.74. The summed E-state index contributed by atoms with van der Waals surface area (Å²) in [6.07, 6.45) is -0.147. The highest BCUT2D eigenvalue weighted by Gasteiger charge is 2.06. The van der Waals surface area contributed by atoms with Gasteiger partial charge in [0.1, 0.15) is 0 Å². The third-order valence-electron chi connectivity index (χ3n) is 2.37. The van der Waals surface area contributed by atoms with Gasteiger partial charge in [-0.2, -0.15) is 0 Å². The molecule has 0 amide bonds. The minimum Gasteiger partial charge on any atom is -0.392 e. The molecule has 1 rings (SSSR count). The molecule has 0 aromatic carbocycles. The molecule has 0 aliphatic rings. The van der Waals surface area contributed by atoms with Crippen LogP contribution in [0.3, 0.4) is 0 Å². The van der Waals surface area contributed by atoms with E-state index in [1.165, 1.54) is 0 Å². The molecule has 0 aliphatic carbocycles. The molecule has 1 heterocycles. The number of thiophene rings is 1. The molecule has 3 N–H and O–H groups in total. The third-order valence-corrected chi connectivity index (χ3v) is 3.22. The van der Waals surface area contributed by atoms with Gasteiger partial charge in [0.25, 0.3) is 0 Å². The fourth-order valence-electron chi connectivity index (χ4n) is 1.31. The lowest BCUT2D eigenvalue weighted by Gasteiger charge is -2.13. The highest BCUT2D eigenvalue weighted by molar-refractivity contribution is 7.09. The predicted octanol–water partition coefficient (Wildman–Crippen LogP) is 0.986. The molecular formula is C12H21NO3S. The summed E-state index contributed by atoms with van der Waals surface area (Å²) in [4.78, 5) is 1.16. The van der Waals surface area contributed by atoms with Gasteiger partial charge in [-0.3, -0.25) is 0 Å². The van der Waals surface area contributed by atoms with Crippen molar-refractivity contribution in [1.29, 1.82) is 0 Å². The zero-order valence-electron chi connectivity index (χ0n) is 10.1. The minimum absolute atomic E-state index is 0.313. The van der Waals surface area contributed by atoms with Crippen molar-refractivity contribution in [3.05, 3.63) is 22.4 Å². The monoisotopic (exact) mass is 259 g/mol. The fourth-order valence-corrected chi connectivity index (χ4v) is 1.95. The average molecular weight is 259 g/mol. The van der Waals surface area contributed by atoms with Crippen molar-refractivity contribution in [1.82, 2.24) is 5.32 Å². The van der Waals surface area contributed by atoms with Crippen LogP contribution in [0.25, 0.3) is 0 Å². The maximum atomic E-state index is 9.60. The molecule has 0 bridgehead atoms. The first-order valence-corrected chi connectivity index (χ1v) is 6.77. The molecule has 0 fully saturated rings. The molecule has 0 aliphatic heterocycles. The molecule has 1 aromatic rings. The van der Waals surface area contributed by atoms with Crippen molar-refractivity contribution in [2.45, 2.75) is 32.2 Å². The van der Waals surface area contributed by atoms with Crippen LogP contribution in [0.2, 0.25) is 0 Å². The highest BCUT2D eigenvalue weighted by atomic mass is 32.1. The molecule has 2 atom stereocenters. The topological polar surface area (TPSA) is 61.7 Å². The van der Waals surface area contributed by atoms with Crippen molar-refractivity contribution in [2.75, 3.05) is 19.7 Å². The van der Waals surface area contributed by atoms with Gasteiger partial charge in [0.15, 0.2) is 0 Å². The zero-order valence-corrected chi connectivity index (χ0v) is 10.9. The summed E-state index contributed by atoms with van der Waals surface area (Å²) in [5, 5.41) is 23.9. The quantitative estimate of drug-likeness (QED) is 0.619. The van der Waals surface area contributed by atoms with E-state index in [9.17, 15) is 10.2 Å². The number of rotatable bonds is 9. The second-order valence-electron chi connectivity index (χ2n) is 3.97. The van der Waals surface area contributed by atoms with Crippen LogP contribution in [0, 0.1) is 0 Å². The maximum Gasteiger partial charge on any atom is 0.0897 e. The summed E-state index contributed by atoms with van der Waals surface area (Å²) in [5.41, 5.74) is 0. The van der Waals surface area contributed by atoms with Crippen molar-refractivity contribution >= 4 is 11.3 Å². The molecule has 0 saturated carbocycles. The molecule has 98 valence electrons. The van der Waals surface area contributed by atoms with Crippen molar-refractivity contribution in [3.63, 3.8) is 0 Å². The Hall–Kier alpha value is -0.460. The molecule has 0 spiro atoms. The van der Waals surface area contributed by atoms with E-state index in [0.717, 1.165) is 11.3 Å². The number of nitrogens with one attached hydrogen (secondary N) is 1. The van der Waals surface area contributed by atoms with E-state index in [0.29, 0.717) is 26.3 Å². The second-order valence-corrected chi connectivity index (χ2v) is 5.00. The smallest absolute Gasteiger partial charge is 0.0897 e. The van der Waals surface area contributed by atoms with E-state index in [1.807, 2.05) is 24.4 Å². The molecular weight excluding hydrogens is 238 g/mol. The number of aliphatic hydroxyl groups excluding tert-OH is 2. The number of aliphatic hydroxyl groups is 2. The molecule has 0 saturated heterocycles. The third kappa shape index (κ3) is 6.75. The van der Waals surface area contributed by atoms with Crippen molar-refractivity contribution in [2.24, 2.45) is 0 Å². The van der Waals surface area contributed by atoms with E-state index in [2.05, 4.69) is 5.32 Å². The first kappa shape index (κ1) is 14.6. The largest absolute Gasteiger partial charge is 0.392 e. The highest BCUT2D eigenvalue weighted by Crippen LogP contribution is 2.09. The van der Waals surface area contributed by atoms with Crippen LogP contribution in [0.5, 0.6) is 0 Å². The van der Waals surface area contributed by atoms with E-state index in [-0.39, 0.29) is 6.10 Å². The van der Waals surface area contributed by atoms with Gasteiger partial charge in [0.2, 0.25) is 0 Å². The van der Waals surface area contributed by atoms with Gasteiger partial charge in [-0.1, -0.05) is 13.0 Å². The first-order chi connectivity index (χ1) is 8.22. The van der Waals surface area contributed by atoms with Crippen LogP contribution in [-0.2, 0) is 11.3 Å². The Balaban J connectivity index is 1.99. The normalized spacial score (nSPS) is 14.8. The van der Waals surface area contributed by atoms with E-state index >= 15 is 0 Å². The Morgan fingerprint density at radius 2 is 2.12 bits per heavy atom. The van der Waals surface area contributed by atoms with Gasteiger partial charge in [-0.25, -0.2) is 0 Å². The maximum absolute atomic E-state index is 9.60. The standard InChI is InChI=1S/C12H21NO3S/c1-2-10(14)6-13-7-11(15)8-16-9-12-4-3-5-17-12/h3-5,10-11,13-15H,2,6-9H2,1H3. The first-order valence-electron chi connectivity index (χ1n) is 5.89. The van der Waals surface area contributed by atoms with Gasteiger partial charge < -0.3 is 20.3 Å². The average Bonchev–Trinajstić information content (AvgIpc) is 2.82. The molecule has 2 unspecified atom stereocenters. The lowest BCUT2D eigenvalue weighted by Crippen LogP contribution is -2.35. The summed E-state index contributed by atoms with van der Waals surface area (Å²) in [7, 11) is 0. The Morgan fingerprint density at radius 1 is 1.35 bits per heavy atom. The summed E-state index contributed by atoms with van der Waals surface area (Å²) < 4.78 is 5.38. The molecule has 1 aromatic heterocycles. The molecule has 0 radical (unpaired) electrons. The van der Waals surface area contributed by atoms with Crippen LogP contribution in [0.4, 0.5) is 0 Å². The molecule has 17 heavy (non-hydrogen) atoms. The molecule has 5 heteroatoms. The minimum atomic E-state index is -0.529. The second kappa shape index (κ2) is 8.60. The van der Waals surface area contributed by atoms with Crippen LogP contribution in [0.1, 0.15) is 18.2 Å².